The van der Waals surface area contributed by atoms with E-state index in [1.165, 1.54) is 6.21 Å². The van der Waals surface area contributed by atoms with Gasteiger partial charge in [-0.3, -0.25) is 9.59 Å². The quantitative estimate of drug-likeness (QED) is 0.600. The van der Waals surface area contributed by atoms with Gasteiger partial charge in [-0.2, -0.15) is 5.10 Å². The van der Waals surface area contributed by atoms with E-state index < -0.39 is 5.91 Å². The molecule has 2 aromatic carbocycles. The van der Waals surface area contributed by atoms with Crippen LogP contribution in [-0.2, 0) is 4.79 Å². The average molecular weight is 339 g/mol. The minimum atomic E-state index is -0.399. The van der Waals surface area contributed by atoms with E-state index in [2.05, 4.69) is 15.8 Å². The molecule has 0 aliphatic rings. The smallest absolute Gasteiger partial charge is 0.259 e. The van der Waals surface area contributed by atoms with Crippen LogP contribution in [0.15, 0.2) is 53.6 Å². The molecule has 0 unspecified atom stereocenters. The van der Waals surface area contributed by atoms with Crippen molar-refractivity contribution in [3.05, 3.63) is 65.2 Å². The Kier molecular flexibility index (Phi) is 6.71. The molecule has 0 fully saturated rings. The van der Waals surface area contributed by atoms with Crippen LogP contribution in [-0.4, -0.2) is 31.2 Å². The van der Waals surface area contributed by atoms with Crippen molar-refractivity contribution < 1.29 is 14.3 Å². The lowest BCUT2D eigenvalue weighted by Crippen LogP contribution is -2.35. The monoisotopic (exact) mass is 339 g/mol. The van der Waals surface area contributed by atoms with Crippen LogP contribution in [0.1, 0.15) is 28.4 Å². The van der Waals surface area contributed by atoms with Crippen molar-refractivity contribution >= 4 is 18.0 Å². The Labute approximate surface area is 146 Å². The first kappa shape index (κ1) is 18.2. The summed E-state index contributed by atoms with van der Waals surface area (Å²) in [5.74, 6) is 0.0930. The number of amides is 2. The van der Waals surface area contributed by atoms with E-state index in [0.717, 1.165) is 16.9 Å². The number of aryl methyl sites for hydroxylation is 1. The van der Waals surface area contributed by atoms with Gasteiger partial charge in [-0.1, -0.05) is 18.2 Å². The normalized spacial score (nSPS) is 10.5. The first-order valence-corrected chi connectivity index (χ1v) is 7.98. The van der Waals surface area contributed by atoms with Crippen LogP contribution in [0.4, 0.5) is 0 Å². The van der Waals surface area contributed by atoms with Crippen molar-refractivity contribution in [1.82, 2.24) is 10.7 Å². The molecule has 2 aromatic rings. The fraction of sp³-hybridized carbons (Fsp3) is 0.211. The van der Waals surface area contributed by atoms with Crippen LogP contribution in [0.25, 0.3) is 0 Å². The summed E-state index contributed by atoms with van der Waals surface area (Å²) < 4.78 is 5.35. The summed E-state index contributed by atoms with van der Waals surface area (Å²) in [4.78, 5) is 23.7. The van der Waals surface area contributed by atoms with Crippen molar-refractivity contribution in [2.45, 2.75) is 13.8 Å². The molecule has 2 N–H and O–H groups in total. The third-order valence-electron chi connectivity index (χ3n) is 3.39. The Morgan fingerprint density at radius 3 is 2.52 bits per heavy atom. The number of ether oxygens (including phenoxy) is 1. The molecule has 6 heteroatoms. The van der Waals surface area contributed by atoms with Gasteiger partial charge in [0.15, 0.2) is 0 Å². The standard InChI is InChI=1S/C19H21N3O3/c1-3-25-16-10-8-15(9-11-16)12-21-22-18(23)13-20-19(24)17-7-5-4-6-14(17)2/h4-12H,3,13H2,1-2H3,(H,20,24)(H,22,23)/b21-12+. The molecular formula is C19H21N3O3. The number of rotatable bonds is 7. The molecule has 0 atom stereocenters. The maximum Gasteiger partial charge on any atom is 0.259 e. The summed E-state index contributed by atoms with van der Waals surface area (Å²) in [7, 11) is 0. The predicted octanol–water partition coefficient (Wildman–Crippen LogP) is 2.27. The van der Waals surface area contributed by atoms with Crippen molar-refractivity contribution in [3.63, 3.8) is 0 Å². The first-order valence-electron chi connectivity index (χ1n) is 7.98. The largest absolute Gasteiger partial charge is 0.494 e. The Morgan fingerprint density at radius 2 is 1.84 bits per heavy atom. The second-order valence-corrected chi connectivity index (χ2v) is 5.29. The Balaban J connectivity index is 1.78. The summed E-state index contributed by atoms with van der Waals surface area (Å²) in [5, 5.41) is 6.44. The molecular weight excluding hydrogens is 318 g/mol. The first-order chi connectivity index (χ1) is 12.1. The van der Waals surface area contributed by atoms with Gasteiger partial charge in [0, 0.05) is 5.56 Å². The van der Waals surface area contributed by atoms with Crippen molar-refractivity contribution in [2.75, 3.05) is 13.2 Å². The predicted molar refractivity (Wildman–Crippen MR) is 96.9 cm³/mol. The van der Waals surface area contributed by atoms with Gasteiger partial charge in [0.1, 0.15) is 5.75 Å². The second-order valence-electron chi connectivity index (χ2n) is 5.29. The van der Waals surface area contributed by atoms with E-state index >= 15 is 0 Å². The molecule has 0 saturated heterocycles. The topological polar surface area (TPSA) is 79.8 Å². The van der Waals surface area contributed by atoms with Crippen molar-refractivity contribution in [2.24, 2.45) is 5.10 Å². The van der Waals surface area contributed by atoms with Gasteiger partial charge in [-0.05, 0) is 55.3 Å². The maximum absolute atomic E-state index is 12.0. The second kappa shape index (κ2) is 9.22. The van der Waals surface area contributed by atoms with Gasteiger partial charge in [0.2, 0.25) is 0 Å². The Bertz CT molecular complexity index is 755. The number of benzene rings is 2. The van der Waals surface area contributed by atoms with Crippen LogP contribution in [0.3, 0.4) is 0 Å². The van der Waals surface area contributed by atoms with Crippen LogP contribution in [0, 0.1) is 6.92 Å². The Morgan fingerprint density at radius 1 is 1.12 bits per heavy atom. The molecule has 25 heavy (non-hydrogen) atoms. The zero-order valence-corrected chi connectivity index (χ0v) is 14.3. The SMILES string of the molecule is CCOc1ccc(/C=N/NC(=O)CNC(=O)c2ccccc2C)cc1. The molecule has 0 heterocycles. The minimum absolute atomic E-state index is 0.145. The van der Waals surface area contributed by atoms with E-state index in [4.69, 9.17) is 4.74 Å². The number of hydrogen-bond acceptors (Lipinski definition) is 4. The van der Waals surface area contributed by atoms with E-state index in [-0.39, 0.29) is 12.5 Å². The number of carbonyl (C=O) groups is 2. The number of nitrogens with one attached hydrogen (secondary N) is 2. The number of carbonyl (C=O) groups excluding carboxylic acids is 2. The fourth-order valence-electron chi connectivity index (χ4n) is 2.12. The van der Waals surface area contributed by atoms with E-state index in [0.29, 0.717) is 12.2 Å². The maximum atomic E-state index is 12.0. The number of hydrogen-bond donors (Lipinski definition) is 2. The average Bonchev–Trinajstić information content (AvgIpc) is 2.62. The van der Waals surface area contributed by atoms with Gasteiger partial charge in [-0.15, -0.1) is 0 Å². The minimum Gasteiger partial charge on any atom is -0.494 e. The molecule has 0 saturated carbocycles. The van der Waals surface area contributed by atoms with Gasteiger partial charge in [0.05, 0.1) is 19.4 Å². The van der Waals surface area contributed by atoms with Gasteiger partial charge in [0.25, 0.3) is 11.8 Å². The summed E-state index contributed by atoms with van der Waals surface area (Å²) >= 11 is 0. The molecule has 2 rings (SSSR count). The Hall–Kier alpha value is -3.15. The summed E-state index contributed by atoms with van der Waals surface area (Å²) in [6.07, 6.45) is 1.52. The molecule has 0 aliphatic carbocycles. The molecule has 0 spiro atoms. The third-order valence-corrected chi connectivity index (χ3v) is 3.39. The molecule has 2 amide bonds. The van der Waals surface area contributed by atoms with E-state index in [9.17, 15) is 9.59 Å². The molecule has 0 aliphatic heterocycles. The van der Waals surface area contributed by atoms with Crippen molar-refractivity contribution in [3.8, 4) is 5.75 Å². The summed E-state index contributed by atoms with van der Waals surface area (Å²) in [6, 6.07) is 14.5. The van der Waals surface area contributed by atoms with Crippen LogP contribution < -0.4 is 15.5 Å². The van der Waals surface area contributed by atoms with E-state index in [1.54, 1.807) is 12.1 Å². The molecule has 6 nitrogen and oxygen atoms in total. The number of hydrazone groups is 1. The summed E-state index contributed by atoms with van der Waals surface area (Å²) in [6.45, 7) is 4.23. The van der Waals surface area contributed by atoms with Crippen molar-refractivity contribution in [1.29, 1.82) is 0 Å². The molecule has 0 bridgehead atoms. The van der Waals surface area contributed by atoms with E-state index in [1.807, 2.05) is 50.2 Å². The lowest BCUT2D eigenvalue weighted by atomic mass is 10.1. The highest BCUT2D eigenvalue weighted by Crippen LogP contribution is 2.10. The zero-order valence-electron chi connectivity index (χ0n) is 14.3. The van der Waals surface area contributed by atoms with Crippen LogP contribution in [0.5, 0.6) is 5.75 Å². The van der Waals surface area contributed by atoms with Gasteiger partial charge >= 0.3 is 0 Å². The lowest BCUT2D eigenvalue weighted by molar-refractivity contribution is -0.120. The number of nitrogens with zero attached hydrogens (tertiary/aromatic N) is 1. The van der Waals surface area contributed by atoms with Gasteiger partial charge in [-0.25, -0.2) is 5.43 Å². The lowest BCUT2D eigenvalue weighted by Gasteiger charge is -2.06. The van der Waals surface area contributed by atoms with Crippen LogP contribution >= 0.6 is 0 Å². The highest BCUT2D eigenvalue weighted by molar-refractivity contribution is 5.97. The fourth-order valence-corrected chi connectivity index (χ4v) is 2.12. The zero-order chi connectivity index (χ0) is 18.1. The molecule has 0 radical (unpaired) electrons. The highest BCUT2D eigenvalue weighted by atomic mass is 16.5. The molecule has 130 valence electrons. The van der Waals surface area contributed by atoms with Gasteiger partial charge < -0.3 is 10.1 Å². The molecule has 0 aromatic heterocycles. The highest BCUT2D eigenvalue weighted by Gasteiger charge is 2.09. The van der Waals surface area contributed by atoms with Crippen LogP contribution in [0.2, 0.25) is 0 Å². The third kappa shape index (κ3) is 5.76. The summed E-state index contributed by atoms with van der Waals surface area (Å²) in [5.41, 5.74) is 4.61.